The highest BCUT2D eigenvalue weighted by Crippen LogP contribution is 2.26. The minimum atomic E-state index is -0.149. The van der Waals surface area contributed by atoms with Crippen molar-refractivity contribution >= 4 is 5.91 Å². The minimum absolute atomic E-state index is 0.0970. The van der Waals surface area contributed by atoms with Crippen LogP contribution in [0.1, 0.15) is 49.7 Å². The Hall–Kier alpha value is -1.51. The predicted octanol–water partition coefficient (Wildman–Crippen LogP) is 0.0873. The second-order valence-corrected chi connectivity index (χ2v) is 7.60. The van der Waals surface area contributed by atoms with Gasteiger partial charge in [-0.25, -0.2) is 0 Å². The first-order valence-corrected chi connectivity index (χ1v) is 9.78. The molecule has 3 rings (SSSR count). The van der Waals surface area contributed by atoms with E-state index in [1.165, 1.54) is 0 Å². The molecule has 1 aromatic rings. The van der Waals surface area contributed by atoms with Crippen LogP contribution in [0.25, 0.3) is 0 Å². The molecule has 2 fully saturated rings. The summed E-state index contributed by atoms with van der Waals surface area (Å²) in [5.74, 6) is 2.53. The first-order chi connectivity index (χ1) is 12.6. The highest BCUT2D eigenvalue weighted by atomic mass is 16.3. The lowest BCUT2D eigenvalue weighted by Crippen LogP contribution is -2.38. The van der Waals surface area contributed by atoms with Crippen LogP contribution in [0.2, 0.25) is 0 Å². The van der Waals surface area contributed by atoms with Crippen LogP contribution in [-0.4, -0.2) is 81.5 Å². The lowest BCUT2D eigenvalue weighted by molar-refractivity contribution is -0.121. The van der Waals surface area contributed by atoms with Gasteiger partial charge in [-0.1, -0.05) is 0 Å². The van der Waals surface area contributed by atoms with Gasteiger partial charge in [-0.05, 0) is 32.2 Å². The first kappa shape index (κ1) is 19.3. The van der Waals surface area contributed by atoms with Gasteiger partial charge in [0.15, 0.2) is 0 Å². The van der Waals surface area contributed by atoms with Crippen LogP contribution in [0.4, 0.5) is 0 Å². The number of nitrogens with one attached hydrogen (secondary N) is 1. The molecule has 8 heteroatoms. The summed E-state index contributed by atoms with van der Waals surface area (Å²) in [5.41, 5.74) is 0. The second-order valence-electron chi connectivity index (χ2n) is 7.60. The molecule has 3 heterocycles. The molecular weight excluding hydrogens is 332 g/mol. The maximum atomic E-state index is 11.5. The summed E-state index contributed by atoms with van der Waals surface area (Å²) in [6, 6.07) is 0. The number of carbonyl (C=O) groups excluding carboxylic acids is 1. The van der Waals surface area contributed by atoms with E-state index in [2.05, 4.69) is 36.9 Å². The van der Waals surface area contributed by atoms with Crippen molar-refractivity contribution in [2.75, 3.05) is 39.8 Å². The lowest BCUT2D eigenvalue weighted by Gasteiger charge is -2.32. The van der Waals surface area contributed by atoms with Crippen molar-refractivity contribution in [3.8, 4) is 0 Å². The van der Waals surface area contributed by atoms with Gasteiger partial charge in [0.05, 0.1) is 12.6 Å². The molecule has 2 aliphatic rings. The largest absolute Gasteiger partial charge is 0.393 e. The zero-order valence-electron chi connectivity index (χ0n) is 16.0. The molecule has 1 amide bonds. The molecule has 1 atom stereocenters. The Labute approximate surface area is 155 Å². The molecule has 1 aromatic heterocycles. The van der Waals surface area contributed by atoms with E-state index >= 15 is 0 Å². The van der Waals surface area contributed by atoms with Gasteiger partial charge < -0.3 is 19.9 Å². The summed E-state index contributed by atoms with van der Waals surface area (Å²) < 4.78 is 2.15. The molecular formula is C18H32N6O2. The minimum Gasteiger partial charge on any atom is -0.393 e. The summed E-state index contributed by atoms with van der Waals surface area (Å²) in [7, 11) is 3.75. The fourth-order valence-electron chi connectivity index (χ4n) is 4.00. The van der Waals surface area contributed by atoms with E-state index in [-0.39, 0.29) is 12.0 Å². The molecule has 0 bridgehead atoms. The molecule has 0 aliphatic carbocycles. The average Bonchev–Trinajstić information content (AvgIpc) is 3.02. The number of likely N-dealkylation sites (tertiary alicyclic amines) is 2. The first-order valence-electron chi connectivity index (χ1n) is 9.78. The zero-order valence-corrected chi connectivity index (χ0v) is 16.0. The van der Waals surface area contributed by atoms with E-state index in [0.717, 1.165) is 76.6 Å². The number of hydrogen-bond donors (Lipinski definition) is 2. The van der Waals surface area contributed by atoms with E-state index in [9.17, 15) is 9.90 Å². The van der Waals surface area contributed by atoms with Gasteiger partial charge in [-0.15, -0.1) is 10.2 Å². The van der Waals surface area contributed by atoms with Crippen LogP contribution < -0.4 is 5.32 Å². The standard InChI is InChI=1S/C18H32N6O2/c1-19-17(26)7-11-23-8-3-4-14(12-23)18-21-20-16(22(18)2)13-24-9-5-15(25)6-10-24/h14-15,25H,3-13H2,1-2H3,(H,19,26)/t14-/m0/s1. The fraction of sp³-hybridized carbons (Fsp3) is 0.833. The Morgan fingerprint density at radius 2 is 1.96 bits per heavy atom. The number of amides is 1. The van der Waals surface area contributed by atoms with Crippen LogP contribution >= 0.6 is 0 Å². The number of rotatable bonds is 6. The van der Waals surface area contributed by atoms with Gasteiger partial charge in [0.2, 0.25) is 5.91 Å². The smallest absolute Gasteiger partial charge is 0.221 e. The molecule has 8 nitrogen and oxygen atoms in total. The summed E-state index contributed by atoms with van der Waals surface area (Å²) >= 11 is 0. The summed E-state index contributed by atoms with van der Waals surface area (Å²) in [6.07, 6.45) is 4.34. The van der Waals surface area contributed by atoms with E-state index in [0.29, 0.717) is 12.3 Å². The molecule has 2 aliphatic heterocycles. The van der Waals surface area contributed by atoms with Crippen LogP contribution in [0.3, 0.4) is 0 Å². The summed E-state index contributed by atoms with van der Waals surface area (Å²) in [6.45, 7) is 5.42. The molecule has 0 unspecified atom stereocenters. The van der Waals surface area contributed by atoms with Crippen molar-refractivity contribution in [1.29, 1.82) is 0 Å². The third-order valence-corrected chi connectivity index (χ3v) is 5.73. The van der Waals surface area contributed by atoms with E-state index in [1.807, 2.05) is 0 Å². The SMILES string of the molecule is CNC(=O)CCN1CCC[C@H](c2nnc(CN3CCC(O)CC3)n2C)C1. The monoisotopic (exact) mass is 364 g/mol. The Kier molecular flexibility index (Phi) is 6.61. The number of hydrogen-bond acceptors (Lipinski definition) is 6. The number of piperidine rings is 2. The highest BCUT2D eigenvalue weighted by Gasteiger charge is 2.27. The van der Waals surface area contributed by atoms with Crippen molar-refractivity contribution in [3.05, 3.63) is 11.6 Å². The van der Waals surface area contributed by atoms with Crippen LogP contribution in [0, 0.1) is 0 Å². The van der Waals surface area contributed by atoms with Gasteiger partial charge in [-0.3, -0.25) is 9.69 Å². The average molecular weight is 364 g/mol. The lowest BCUT2D eigenvalue weighted by atomic mass is 9.97. The van der Waals surface area contributed by atoms with Crippen molar-refractivity contribution in [3.63, 3.8) is 0 Å². The second kappa shape index (κ2) is 8.92. The molecule has 0 spiro atoms. The summed E-state index contributed by atoms with van der Waals surface area (Å²) in [4.78, 5) is 16.2. The number of nitrogens with zero attached hydrogens (tertiary/aromatic N) is 5. The maximum Gasteiger partial charge on any atom is 0.221 e. The van der Waals surface area contributed by atoms with E-state index in [4.69, 9.17) is 0 Å². The van der Waals surface area contributed by atoms with Gasteiger partial charge in [0.1, 0.15) is 11.6 Å². The molecule has 0 aromatic carbocycles. The molecule has 2 saturated heterocycles. The number of carbonyl (C=O) groups is 1. The molecule has 0 radical (unpaired) electrons. The Morgan fingerprint density at radius 3 is 2.69 bits per heavy atom. The number of aromatic nitrogens is 3. The maximum absolute atomic E-state index is 11.5. The summed E-state index contributed by atoms with van der Waals surface area (Å²) in [5, 5.41) is 21.3. The quantitative estimate of drug-likeness (QED) is 0.744. The van der Waals surface area contributed by atoms with Crippen LogP contribution in [-0.2, 0) is 18.4 Å². The molecule has 146 valence electrons. The van der Waals surface area contributed by atoms with Gasteiger partial charge in [-0.2, -0.15) is 0 Å². The van der Waals surface area contributed by atoms with Crippen LogP contribution in [0.5, 0.6) is 0 Å². The third-order valence-electron chi connectivity index (χ3n) is 5.73. The fourth-order valence-corrected chi connectivity index (χ4v) is 4.00. The van der Waals surface area contributed by atoms with Crippen molar-refractivity contribution in [2.45, 2.75) is 50.7 Å². The molecule has 2 N–H and O–H groups in total. The molecule has 0 saturated carbocycles. The Balaban J connectivity index is 1.57. The van der Waals surface area contributed by atoms with Crippen molar-refractivity contribution < 1.29 is 9.90 Å². The normalized spacial score (nSPS) is 23.3. The van der Waals surface area contributed by atoms with Gasteiger partial charge >= 0.3 is 0 Å². The Morgan fingerprint density at radius 1 is 1.19 bits per heavy atom. The van der Waals surface area contributed by atoms with Crippen molar-refractivity contribution in [1.82, 2.24) is 29.9 Å². The third kappa shape index (κ3) is 4.81. The highest BCUT2D eigenvalue weighted by molar-refractivity contribution is 5.75. The predicted molar refractivity (Wildman–Crippen MR) is 98.6 cm³/mol. The van der Waals surface area contributed by atoms with E-state index < -0.39 is 0 Å². The van der Waals surface area contributed by atoms with E-state index in [1.54, 1.807) is 7.05 Å². The molecule has 26 heavy (non-hydrogen) atoms. The van der Waals surface area contributed by atoms with Gasteiger partial charge in [0, 0.05) is 52.6 Å². The number of aliphatic hydroxyl groups excluding tert-OH is 1. The zero-order chi connectivity index (χ0) is 18.5. The van der Waals surface area contributed by atoms with Crippen LogP contribution in [0.15, 0.2) is 0 Å². The topological polar surface area (TPSA) is 86.5 Å². The number of aliphatic hydroxyl groups is 1. The van der Waals surface area contributed by atoms with Crippen molar-refractivity contribution in [2.24, 2.45) is 7.05 Å². The van der Waals surface area contributed by atoms with Gasteiger partial charge in [0.25, 0.3) is 0 Å². The Bertz CT molecular complexity index is 597.